The van der Waals surface area contributed by atoms with Crippen LogP contribution in [0.3, 0.4) is 0 Å². The van der Waals surface area contributed by atoms with Gasteiger partial charge in [-0.15, -0.1) is 0 Å². The van der Waals surface area contributed by atoms with E-state index in [-0.39, 0.29) is 77.2 Å². The Morgan fingerprint density at radius 2 is 1.74 bits per heavy atom. The summed E-state index contributed by atoms with van der Waals surface area (Å²) in [5.41, 5.74) is -5.17. The van der Waals surface area contributed by atoms with Crippen molar-refractivity contribution in [1.82, 2.24) is 0 Å². The van der Waals surface area contributed by atoms with E-state index in [2.05, 4.69) is 0 Å². The third kappa shape index (κ3) is 5.19. The number of ketones is 2. The number of rotatable bonds is 2. The molecule has 35 heavy (non-hydrogen) atoms. The van der Waals surface area contributed by atoms with Gasteiger partial charge in [-0.2, -0.15) is 0 Å². The van der Waals surface area contributed by atoms with Crippen molar-refractivity contribution in [2.45, 2.75) is 63.8 Å². The molecule has 13 heteroatoms. The van der Waals surface area contributed by atoms with Crippen LogP contribution < -0.4 is 0 Å². The first-order valence-electron chi connectivity index (χ1n) is 10.9. The molecule has 8 atom stereocenters. The first-order chi connectivity index (χ1) is 15.0. The Balaban J connectivity index is 0.000000798. The van der Waals surface area contributed by atoms with Crippen LogP contribution in [0.1, 0.15) is 46.5 Å². The number of aliphatic hydroxyl groups excluding tert-OH is 2. The summed E-state index contributed by atoms with van der Waals surface area (Å²) in [7, 11) is -4.64. The van der Waals surface area contributed by atoms with Gasteiger partial charge in [-0.25, -0.2) is 8.96 Å². The zero-order chi connectivity index (χ0) is 25.2. The Morgan fingerprint density at radius 1 is 1.20 bits per heavy atom. The maximum atomic E-state index is 16.9. The van der Waals surface area contributed by atoms with Crippen molar-refractivity contribution in [2.75, 3.05) is 6.61 Å². The number of aliphatic hydroxyl groups is 3. The average Bonchev–Trinajstić information content (AvgIpc) is 2.89. The van der Waals surface area contributed by atoms with Crippen molar-refractivity contribution in [3.05, 3.63) is 23.8 Å². The average molecular weight is 538 g/mol. The van der Waals surface area contributed by atoms with Crippen LogP contribution in [0.2, 0.25) is 0 Å². The molecule has 190 valence electrons. The fourth-order valence-corrected chi connectivity index (χ4v) is 7.26. The molecular formula is C22H34FNa2O9P. The number of carbonyl (C=O) groups is 2. The molecule has 6 N–H and O–H groups in total. The molecule has 0 bridgehead atoms. The van der Waals surface area contributed by atoms with E-state index in [1.807, 2.05) is 0 Å². The summed E-state index contributed by atoms with van der Waals surface area (Å²) in [6.07, 6.45) is 4.44. The molecule has 0 aromatic heterocycles. The summed E-state index contributed by atoms with van der Waals surface area (Å²) in [5, 5.41) is 32.0. The maximum absolute atomic E-state index is 16.9. The van der Waals surface area contributed by atoms with Gasteiger partial charge in [-0.3, -0.25) is 9.59 Å². The first-order valence-corrected chi connectivity index (χ1v) is 12.5. The molecular weight excluding hydrogens is 504 g/mol. The molecule has 4 aliphatic carbocycles. The topological polar surface area (TPSA) is 173 Å². The number of Topliss-reactive ketones (excluding diaryl/α,β-unsaturated/α-hetero) is 1. The van der Waals surface area contributed by atoms with Crippen molar-refractivity contribution >= 4 is 78.5 Å². The molecule has 0 heterocycles. The minimum absolute atomic E-state index is 0. The van der Waals surface area contributed by atoms with Crippen molar-refractivity contribution in [2.24, 2.45) is 28.6 Å². The van der Waals surface area contributed by atoms with E-state index in [0.717, 1.165) is 0 Å². The Hall–Kier alpha value is 0.740. The summed E-state index contributed by atoms with van der Waals surface area (Å²) < 4.78 is 25.7. The van der Waals surface area contributed by atoms with Crippen LogP contribution in [-0.2, 0) is 14.2 Å². The molecule has 0 saturated heterocycles. The monoisotopic (exact) mass is 538 g/mol. The number of hydrogen-bond acceptors (Lipinski definition) is 6. The fourth-order valence-electron chi connectivity index (χ4n) is 7.26. The second-order valence-electron chi connectivity index (χ2n) is 10.3. The summed E-state index contributed by atoms with van der Waals surface area (Å²) in [4.78, 5) is 45.9. The van der Waals surface area contributed by atoms with Crippen LogP contribution in [0.15, 0.2) is 23.8 Å². The molecule has 0 aromatic rings. The van der Waals surface area contributed by atoms with Gasteiger partial charge in [0.15, 0.2) is 17.2 Å². The van der Waals surface area contributed by atoms with Crippen LogP contribution >= 0.6 is 7.82 Å². The fraction of sp³-hybridized carbons (Fsp3) is 0.727. The molecule has 0 spiro atoms. The number of allylic oxidation sites excluding steroid dienone is 4. The molecule has 0 unspecified atom stereocenters. The Morgan fingerprint density at radius 3 is 2.26 bits per heavy atom. The van der Waals surface area contributed by atoms with Gasteiger partial charge in [-0.1, -0.05) is 25.5 Å². The van der Waals surface area contributed by atoms with Gasteiger partial charge in [0.1, 0.15) is 12.2 Å². The summed E-state index contributed by atoms with van der Waals surface area (Å²) >= 11 is 0. The first kappa shape index (κ1) is 33.8. The molecule has 0 aliphatic heterocycles. The molecule has 9 nitrogen and oxygen atoms in total. The van der Waals surface area contributed by atoms with Gasteiger partial charge in [0, 0.05) is 16.7 Å². The SMILES string of the molecule is C[C@H]1C[C@H]2[C@@H]3CCC4=CC(=O)C=C[C@]4(C)[C@@]3(F)[C@@H](O)C[C@]2(C)[C@@]1(O)C(=O)CO.O=P(O)(O)O.[NaH].[NaH]. The third-order valence-corrected chi connectivity index (χ3v) is 8.79. The van der Waals surface area contributed by atoms with E-state index in [1.165, 1.54) is 12.2 Å². The summed E-state index contributed by atoms with van der Waals surface area (Å²) in [6, 6.07) is 0. The van der Waals surface area contributed by atoms with Gasteiger partial charge < -0.3 is 30.0 Å². The quantitative estimate of drug-likeness (QED) is 0.203. The molecule has 4 rings (SSSR count). The zero-order valence-electron chi connectivity index (χ0n) is 18.8. The third-order valence-electron chi connectivity index (χ3n) is 8.79. The van der Waals surface area contributed by atoms with E-state index in [1.54, 1.807) is 26.8 Å². The van der Waals surface area contributed by atoms with Crippen molar-refractivity contribution in [3.8, 4) is 0 Å². The second kappa shape index (κ2) is 11.1. The van der Waals surface area contributed by atoms with Gasteiger partial charge in [0.2, 0.25) is 0 Å². The van der Waals surface area contributed by atoms with Crippen LogP contribution in [0.4, 0.5) is 4.39 Å². The Bertz CT molecular complexity index is 962. The van der Waals surface area contributed by atoms with E-state index in [4.69, 9.17) is 19.2 Å². The van der Waals surface area contributed by atoms with Crippen LogP contribution in [0.5, 0.6) is 0 Å². The van der Waals surface area contributed by atoms with E-state index in [9.17, 15) is 24.9 Å². The van der Waals surface area contributed by atoms with Crippen LogP contribution in [0, 0.1) is 28.6 Å². The van der Waals surface area contributed by atoms with Gasteiger partial charge in [0.25, 0.3) is 0 Å². The Labute approximate surface area is 248 Å². The molecule has 0 aromatic carbocycles. The molecule has 0 amide bonds. The molecule has 3 fully saturated rings. The van der Waals surface area contributed by atoms with Gasteiger partial charge in [0.05, 0.1) is 6.10 Å². The normalized spacial score (nSPS) is 43.7. The summed E-state index contributed by atoms with van der Waals surface area (Å²) in [6.45, 7) is 4.48. The van der Waals surface area contributed by atoms with Crippen molar-refractivity contribution < 1.29 is 48.5 Å². The van der Waals surface area contributed by atoms with Crippen molar-refractivity contribution in [1.29, 1.82) is 0 Å². The van der Waals surface area contributed by atoms with E-state index >= 15 is 4.39 Å². The predicted octanol–water partition coefficient (Wildman–Crippen LogP) is -0.330. The summed E-state index contributed by atoms with van der Waals surface area (Å²) in [5.74, 6) is -2.12. The van der Waals surface area contributed by atoms with Gasteiger partial charge in [-0.05, 0) is 56.6 Å². The second-order valence-corrected chi connectivity index (χ2v) is 11.3. The zero-order valence-corrected chi connectivity index (χ0v) is 19.7. The number of alkyl halides is 1. The molecule has 3 saturated carbocycles. The number of hydrogen-bond donors (Lipinski definition) is 6. The van der Waals surface area contributed by atoms with Crippen LogP contribution in [0.25, 0.3) is 0 Å². The molecule has 0 radical (unpaired) electrons. The Kier molecular flexibility index (Phi) is 10.7. The number of fused-ring (bicyclic) bond motifs is 5. The number of halogens is 1. The van der Waals surface area contributed by atoms with Crippen LogP contribution in [-0.4, -0.2) is 125 Å². The van der Waals surface area contributed by atoms with Gasteiger partial charge >= 0.3 is 66.9 Å². The standard InChI is InChI=1S/C22H29FO5.2Na.H3O4P.2H/c1-12-8-16-15-5-4-13-9-14(25)6-7-19(13,2)21(15,23)17(26)10-20(16,3)22(12,28)18(27)11-24;;;1-5(2,3)4;;/h6-7,9,12,15-17,24,26,28H,4-5,8,10-11H2,1-3H3;;;(H3,1,2,3,4);;/t12-,15-,16-,17-,19-,20-,21-,22-;;;;;/m0...../s1. The predicted molar refractivity (Wildman–Crippen MR) is 129 cm³/mol. The van der Waals surface area contributed by atoms with Crippen molar-refractivity contribution in [3.63, 3.8) is 0 Å². The number of phosphoric acid groups is 1. The van der Waals surface area contributed by atoms with E-state index < -0.39 is 60.3 Å². The molecule has 4 aliphatic rings. The number of carbonyl (C=O) groups excluding carboxylic acids is 2. The van der Waals surface area contributed by atoms with E-state index in [0.29, 0.717) is 24.8 Å². The minimum atomic E-state index is -4.64.